The fourth-order valence-corrected chi connectivity index (χ4v) is 2.29. The number of carbonyl (C=O) groups is 5. The predicted octanol–water partition coefficient (Wildman–Crippen LogP) is -2.28. The predicted molar refractivity (Wildman–Crippen MR) is 102 cm³/mol. The average Bonchev–Trinajstić information content (AvgIpc) is 3.18. The second-order valence-electron chi connectivity index (χ2n) is 6.68. The van der Waals surface area contributed by atoms with Crippen molar-refractivity contribution in [1.29, 1.82) is 0 Å². The molecule has 1 rings (SSSR count). The number of carboxylic acid groups (broad SMARTS) is 2. The molecule has 0 aliphatic rings. The summed E-state index contributed by atoms with van der Waals surface area (Å²) in [5, 5.41) is 24.6. The highest BCUT2D eigenvalue weighted by Crippen LogP contribution is 2.02. The topological polar surface area (TPSA) is 217 Å². The number of nitrogens with zero attached hydrogens (tertiary/aromatic N) is 1. The van der Waals surface area contributed by atoms with Gasteiger partial charge in [0, 0.05) is 24.7 Å². The van der Waals surface area contributed by atoms with E-state index in [2.05, 4.69) is 25.9 Å². The molecule has 4 atom stereocenters. The van der Waals surface area contributed by atoms with Crippen LogP contribution in [0.5, 0.6) is 0 Å². The van der Waals surface area contributed by atoms with Gasteiger partial charge in [0.25, 0.3) is 0 Å². The fourth-order valence-electron chi connectivity index (χ4n) is 2.29. The minimum atomic E-state index is -1.23. The molecule has 13 heteroatoms. The second-order valence-corrected chi connectivity index (χ2v) is 6.68. The van der Waals surface area contributed by atoms with E-state index in [0.717, 1.165) is 0 Å². The lowest BCUT2D eigenvalue weighted by molar-refractivity contribution is -0.141. The number of carbonyl (C=O) groups excluding carboxylic acids is 3. The molecule has 30 heavy (non-hydrogen) atoms. The monoisotopic (exact) mass is 426 g/mol. The van der Waals surface area contributed by atoms with E-state index in [-0.39, 0.29) is 19.3 Å². The Morgan fingerprint density at radius 3 is 2.20 bits per heavy atom. The average molecular weight is 426 g/mol. The van der Waals surface area contributed by atoms with Crippen molar-refractivity contribution in [2.45, 2.75) is 57.3 Å². The molecule has 8 N–H and O–H groups in total. The number of hydrogen-bond donors (Lipinski definition) is 7. The Bertz CT molecular complexity index is 767. The summed E-state index contributed by atoms with van der Waals surface area (Å²) in [4.78, 5) is 65.0. The summed E-state index contributed by atoms with van der Waals surface area (Å²) >= 11 is 0. The van der Waals surface area contributed by atoms with Gasteiger partial charge < -0.3 is 36.9 Å². The number of carboxylic acids is 2. The highest BCUT2D eigenvalue weighted by molar-refractivity contribution is 5.94. The Hall–Kier alpha value is -3.48. The SMILES string of the molecule is CC(NC(=O)C(C)NC(=O)C(Cc1cnc[nH]1)NC(=O)C(N)CCC(=O)O)C(=O)O. The van der Waals surface area contributed by atoms with Crippen molar-refractivity contribution in [2.75, 3.05) is 0 Å². The van der Waals surface area contributed by atoms with Gasteiger partial charge in [0.1, 0.15) is 18.1 Å². The Morgan fingerprint density at radius 1 is 1.03 bits per heavy atom. The molecule has 0 radical (unpaired) electrons. The summed E-state index contributed by atoms with van der Waals surface area (Å²) in [6.45, 7) is 2.63. The standard InChI is InChI=1S/C17H26N6O7/c1-8(14(26)22-9(2)17(29)30)21-16(28)12(5-10-6-19-7-20-10)23-15(27)11(18)3-4-13(24)25/h6-9,11-12H,3-5,18H2,1-2H3,(H,19,20)(H,21,28)(H,22,26)(H,23,27)(H,24,25)(H,29,30). The van der Waals surface area contributed by atoms with Crippen LogP contribution >= 0.6 is 0 Å². The third-order valence-electron chi connectivity index (χ3n) is 4.10. The molecule has 0 aliphatic carbocycles. The van der Waals surface area contributed by atoms with Gasteiger partial charge in [-0.25, -0.2) is 4.98 Å². The van der Waals surface area contributed by atoms with E-state index in [1.807, 2.05) is 0 Å². The van der Waals surface area contributed by atoms with Crippen LogP contribution in [-0.4, -0.2) is 74.0 Å². The summed E-state index contributed by atoms with van der Waals surface area (Å²) in [5.74, 6) is -4.51. The quantitative estimate of drug-likeness (QED) is 0.191. The van der Waals surface area contributed by atoms with E-state index >= 15 is 0 Å². The van der Waals surface area contributed by atoms with E-state index in [1.165, 1.54) is 26.4 Å². The van der Waals surface area contributed by atoms with Gasteiger partial charge in [0.2, 0.25) is 17.7 Å². The third kappa shape index (κ3) is 8.26. The summed E-state index contributed by atoms with van der Waals surface area (Å²) in [7, 11) is 0. The molecular weight excluding hydrogens is 400 g/mol. The molecule has 1 aromatic rings. The van der Waals surface area contributed by atoms with Crippen molar-refractivity contribution in [2.24, 2.45) is 5.73 Å². The van der Waals surface area contributed by atoms with Gasteiger partial charge in [-0.15, -0.1) is 0 Å². The van der Waals surface area contributed by atoms with Gasteiger partial charge in [-0.05, 0) is 20.3 Å². The van der Waals surface area contributed by atoms with Gasteiger partial charge in [-0.3, -0.25) is 24.0 Å². The molecule has 13 nitrogen and oxygen atoms in total. The van der Waals surface area contributed by atoms with E-state index < -0.39 is 53.8 Å². The van der Waals surface area contributed by atoms with E-state index in [0.29, 0.717) is 5.69 Å². The maximum Gasteiger partial charge on any atom is 0.325 e. The van der Waals surface area contributed by atoms with Gasteiger partial charge in [0.05, 0.1) is 12.4 Å². The number of aliphatic carboxylic acids is 2. The molecule has 0 saturated carbocycles. The number of H-pyrrole nitrogens is 1. The number of rotatable bonds is 12. The van der Waals surface area contributed by atoms with Crippen LogP contribution in [0.2, 0.25) is 0 Å². The first-order chi connectivity index (χ1) is 14.0. The minimum Gasteiger partial charge on any atom is -0.481 e. The lowest BCUT2D eigenvalue weighted by Gasteiger charge is -2.22. The zero-order chi connectivity index (χ0) is 22.8. The van der Waals surface area contributed by atoms with Crippen LogP contribution in [0.4, 0.5) is 0 Å². The summed E-state index contributed by atoms with van der Waals surface area (Å²) < 4.78 is 0. The molecule has 0 aromatic carbocycles. The van der Waals surface area contributed by atoms with Crippen LogP contribution in [0.3, 0.4) is 0 Å². The Labute approximate surface area is 171 Å². The smallest absolute Gasteiger partial charge is 0.325 e. The Balaban J connectivity index is 2.79. The van der Waals surface area contributed by atoms with Crippen LogP contribution < -0.4 is 21.7 Å². The van der Waals surface area contributed by atoms with Gasteiger partial charge >= 0.3 is 11.9 Å². The zero-order valence-electron chi connectivity index (χ0n) is 16.5. The van der Waals surface area contributed by atoms with Crippen LogP contribution in [0.25, 0.3) is 0 Å². The summed E-state index contributed by atoms with van der Waals surface area (Å²) in [5.41, 5.74) is 6.19. The maximum absolute atomic E-state index is 12.6. The number of aromatic nitrogens is 2. The molecule has 4 unspecified atom stereocenters. The number of nitrogens with two attached hydrogens (primary N) is 1. The van der Waals surface area contributed by atoms with Gasteiger partial charge in [0.15, 0.2) is 0 Å². The molecule has 0 aliphatic heterocycles. The van der Waals surface area contributed by atoms with Crippen molar-refractivity contribution < 1.29 is 34.2 Å². The fraction of sp³-hybridized carbons (Fsp3) is 0.529. The van der Waals surface area contributed by atoms with E-state index in [1.54, 1.807) is 0 Å². The first-order valence-electron chi connectivity index (χ1n) is 9.09. The molecule has 1 heterocycles. The number of hydrogen-bond acceptors (Lipinski definition) is 7. The first-order valence-corrected chi connectivity index (χ1v) is 9.09. The number of nitrogens with one attached hydrogen (secondary N) is 4. The molecule has 1 aromatic heterocycles. The van der Waals surface area contributed by atoms with Gasteiger partial charge in [-0.2, -0.15) is 0 Å². The molecule has 3 amide bonds. The molecule has 0 saturated heterocycles. The van der Waals surface area contributed by atoms with Crippen LogP contribution in [0.1, 0.15) is 32.4 Å². The van der Waals surface area contributed by atoms with Crippen molar-refractivity contribution in [3.63, 3.8) is 0 Å². The number of amides is 3. The lowest BCUT2D eigenvalue weighted by atomic mass is 10.1. The summed E-state index contributed by atoms with van der Waals surface area (Å²) in [6, 6.07) is -4.51. The molecule has 0 fully saturated rings. The van der Waals surface area contributed by atoms with E-state index in [9.17, 15) is 24.0 Å². The number of aromatic amines is 1. The molecule has 166 valence electrons. The van der Waals surface area contributed by atoms with Crippen LogP contribution in [0.15, 0.2) is 12.5 Å². The summed E-state index contributed by atoms with van der Waals surface area (Å²) in [6.07, 6.45) is 2.40. The Kier molecular flexibility index (Phi) is 9.42. The Morgan fingerprint density at radius 2 is 1.67 bits per heavy atom. The second kappa shape index (κ2) is 11.5. The number of imidazole rings is 1. The maximum atomic E-state index is 12.6. The minimum absolute atomic E-state index is 0.00307. The lowest BCUT2D eigenvalue weighted by Crippen LogP contribution is -2.56. The van der Waals surface area contributed by atoms with Gasteiger partial charge in [-0.1, -0.05) is 0 Å². The first kappa shape index (κ1) is 24.6. The largest absolute Gasteiger partial charge is 0.481 e. The highest BCUT2D eigenvalue weighted by Gasteiger charge is 2.28. The highest BCUT2D eigenvalue weighted by atomic mass is 16.4. The van der Waals surface area contributed by atoms with Crippen molar-refractivity contribution in [3.8, 4) is 0 Å². The van der Waals surface area contributed by atoms with E-state index in [4.69, 9.17) is 15.9 Å². The van der Waals surface area contributed by atoms with Crippen LogP contribution in [-0.2, 0) is 30.4 Å². The third-order valence-corrected chi connectivity index (χ3v) is 4.10. The molecule has 0 spiro atoms. The normalized spacial score (nSPS) is 14.6. The molecular formula is C17H26N6O7. The van der Waals surface area contributed by atoms with Crippen molar-refractivity contribution in [3.05, 3.63) is 18.2 Å². The zero-order valence-corrected chi connectivity index (χ0v) is 16.5. The van der Waals surface area contributed by atoms with Crippen molar-refractivity contribution in [1.82, 2.24) is 25.9 Å². The van der Waals surface area contributed by atoms with Crippen molar-refractivity contribution >= 4 is 29.7 Å². The molecule has 0 bridgehead atoms. The van der Waals surface area contributed by atoms with Crippen LogP contribution in [0, 0.1) is 0 Å².